The quantitative estimate of drug-likeness (QED) is 0.732. The van der Waals surface area contributed by atoms with Gasteiger partial charge >= 0.3 is 5.97 Å². The predicted octanol–water partition coefficient (Wildman–Crippen LogP) is 3.24. The van der Waals surface area contributed by atoms with Gasteiger partial charge in [0.05, 0.1) is 18.6 Å². The molecule has 1 rings (SSSR count). The van der Waals surface area contributed by atoms with E-state index in [9.17, 15) is 4.79 Å². The monoisotopic (exact) mass is 263 g/mol. The van der Waals surface area contributed by atoms with E-state index in [1.165, 1.54) is 0 Å². The van der Waals surface area contributed by atoms with Crippen LogP contribution in [0, 0.1) is 0 Å². The van der Waals surface area contributed by atoms with Gasteiger partial charge in [0.15, 0.2) is 0 Å². The number of hydrogen-bond donors (Lipinski definition) is 1. The molecule has 0 fully saturated rings. The van der Waals surface area contributed by atoms with Crippen LogP contribution >= 0.6 is 0 Å². The van der Waals surface area contributed by atoms with Crippen LogP contribution in [0.5, 0.6) is 0 Å². The fraction of sp³-hybridized carbons (Fsp3) is 0.562. The van der Waals surface area contributed by atoms with Crippen molar-refractivity contribution in [1.29, 1.82) is 0 Å². The van der Waals surface area contributed by atoms with Crippen LogP contribution in [0.2, 0.25) is 0 Å². The van der Waals surface area contributed by atoms with Crippen LogP contribution in [0.15, 0.2) is 30.3 Å². The summed E-state index contributed by atoms with van der Waals surface area (Å²) >= 11 is 0. The van der Waals surface area contributed by atoms with Gasteiger partial charge in [-0.15, -0.1) is 0 Å². The molecule has 0 saturated heterocycles. The van der Waals surface area contributed by atoms with Crippen LogP contribution < -0.4 is 5.32 Å². The lowest BCUT2D eigenvalue weighted by atomic mass is 9.82. The van der Waals surface area contributed by atoms with E-state index in [4.69, 9.17) is 4.74 Å². The van der Waals surface area contributed by atoms with Crippen molar-refractivity contribution in [2.45, 2.75) is 45.6 Å². The van der Waals surface area contributed by atoms with Gasteiger partial charge in [0.25, 0.3) is 0 Å². The molecule has 106 valence electrons. The smallest absolute Gasteiger partial charge is 0.308 e. The number of esters is 1. The number of nitrogens with one attached hydrogen (secondary N) is 1. The average Bonchev–Trinajstić information content (AvgIpc) is 2.40. The van der Waals surface area contributed by atoms with Gasteiger partial charge in [-0.2, -0.15) is 0 Å². The number of carbonyl (C=O) groups excluding carboxylic acids is 1. The van der Waals surface area contributed by atoms with Crippen molar-refractivity contribution in [3.8, 4) is 0 Å². The Bertz CT molecular complexity index is 370. The van der Waals surface area contributed by atoms with Gasteiger partial charge in [-0.05, 0) is 25.5 Å². The molecule has 0 aromatic heterocycles. The minimum atomic E-state index is -0.309. The maximum Gasteiger partial charge on any atom is 0.308 e. The third-order valence-corrected chi connectivity index (χ3v) is 3.27. The topological polar surface area (TPSA) is 38.3 Å². The van der Waals surface area contributed by atoms with Crippen molar-refractivity contribution in [3.63, 3.8) is 0 Å². The zero-order valence-corrected chi connectivity index (χ0v) is 12.2. The van der Waals surface area contributed by atoms with Gasteiger partial charge in [0.2, 0.25) is 0 Å². The SMILES string of the molecule is CCCC(CC(=O)OCC)(NCC)c1ccccc1. The second kappa shape index (κ2) is 7.95. The molecule has 1 atom stereocenters. The molecule has 0 radical (unpaired) electrons. The summed E-state index contributed by atoms with van der Waals surface area (Å²) in [6.07, 6.45) is 2.32. The summed E-state index contributed by atoms with van der Waals surface area (Å²) < 4.78 is 5.13. The maximum atomic E-state index is 11.9. The molecule has 0 aliphatic heterocycles. The lowest BCUT2D eigenvalue weighted by Crippen LogP contribution is -2.44. The largest absolute Gasteiger partial charge is 0.466 e. The molecule has 0 aliphatic carbocycles. The van der Waals surface area contributed by atoms with Gasteiger partial charge in [0, 0.05) is 0 Å². The predicted molar refractivity (Wildman–Crippen MR) is 78.0 cm³/mol. The fourth-order valence-electron chi connectivity index (χ4n) is 2.57. The van der Waals surface area contributed by atoms with E-state index >= 15 is 0 Å². The lowest BCUT2D eigenvalue weighted by Gasteiger charge is -2.34. The van der Waals surface area contributed by atoms with E-state index in [1.54, 1.807) is 0 Å². The highest BCUT2D eigenvalue weighted by molar-refractivity contribution is 5.71. The molecule has 1 aromatic carbocycles. The highest BCUT2D eigenvalue weighted by Gasteiger charge is 2.33. The summed E-state index contributed by atoms with van der Waals surface area (Å²) in [5.74, 6) is -0.138. The molecule has 0 saturated carbocycles. The highest BCUT2D eigenvalue weighted by Crippen LogP contribution is 2.30. The summed E-state index contributed by atoms with van der Waals surface area (Å²) in [7, 11) is 0. The molecule has 1 unspecified atom stereocenters. The standard InChI is InChI=1S/C16H25NO2/c1-4-12-16(17-5-2,13-15(18)19-6-3)14-10-8-7-9-11-14/h7-11,17H,4-6,12-13H2,1-3H3. The Morgan fingerprint density at radius 2 is 1.89 bits per heavy atom. The molecule has 3 heteroatoms. The Hall–Kier alpha value is -1.35. The summed E-state index contributed by atoms with van der Waals surface area (Å²) in [6.45, 7) is 7.31. The van der Waals surface area contributed by atoms with E-state index in [1.807, 2.05) is 25.1 Å². The first kappa shape index (κ1) is 15.7. The van der Waals surface area contributed by atoms with Gasteiger partial charge in [-0.3, -0.25) is 4.79 Å². The van der Waals surface area contributed by atoms with Crippen LogP contribution in [0.1, 0.15) is 45.6 Å². The summed E-state index contributed by atoms with van der Waals surface area (Å²) in [6, 6.07) is 10.2. The van der Waals surface area contributed by atoms with Crippen molar-refractivity contribution < 1.29 is 9.53 Å². The molecule has 1 N–H and O–H groups in total. The van der Waals surface area contributed by atoms with Crippen molar-refractivity contribution in [2.75, 3.05) is 13.2 Å². The first-order chi connectivity index (χ1) is 9.18. The van der Waals surface area contributed by atoms with Gasteiger partial charge in [-0.1, -0.05) is 50.6 Å². The van der Waals surface area contributed by atoms with E-state index < -0.39 is 0 Å². The van der Waals surface area contributed by atoms with Crippen molar-refractivity contribution in [3.05, 3.63) is 35.9 Å². The van der Waals surface area contributed by atoms with E-state index in [2.05, 4.69) is 31.3 Å². The van der Waals surface area contributed by atoms with Crippen LogP contribution in [-0.4, -0.2) is 19.1 Å². The molecule has 0 amide bonds. The molecule has 0 heterocycles. The Morgan fingerprint density at radius 1 is 1.21 bits per heavy atom. The summed E-state index contributed by atoms with van der Waals surface area (Å²) in [5, 5.41) is 3.50. The van der Waals surface area contributed by atoms with Crippen molar-refractivity contribution >= 4 is 5.97 Å². The minimum absolute atomic E-state index is 0.138. The maximum absolute atomic E-state index is 11.9. The molecule has 0 spiro atoms. The number of ether oxygens (including phenoxy) is 1. The van der Waals surface area contributed by atoms with Crippen LogP contribution in [0.3, 0.4) is 0 Å². The molecule has 3 nitrogen and oxygen atoms in total. The van der Waals surface area contributed by atoms with E-state index in [0.29, 0.717) is 13.0 Å². The Balaban J connectivity index is 3.03. The summed E-state index contributed by atoms with van der Waals surface area (Å²) in [5.41, 5.74) is 0.851. The molecular formula is C16H25NO2. The minimum Gasteiger partial charge on any atom is -0.466 e. The fourth-order valence-corrected chi connectivity index (χ4v) is 2.57. The molecule has 0 aliphatic rings. The Morgan fingerprint density at radius 3 is 2.42 bits per heavy atom. The zero-order chi connectivity index (χ0) is 14.1. The van der Waals surface area contributed by atoms with Gasteiger partial charge < -0.3 is 10.1 Å². The molecule has 19 heavy (non-hydrogen) atoms. The number of hydrogen-bond acceptors (Lipinski definition) is 3. The van der Waals surface area contributed by atoms with Gasteiger partial charge in [0.1, 0.15) is 0 Å². The second-order valence-corrected chi connectivity index (χ2v) is 4.71. The normalized spacial score (nSPS) is 13.8. The molecule has 1 aromatic rings. The van der Waals surface area contributed by atoms with Crippen molar-refractivity contribution in [1.82, 2.24) is 5.32 Å². The van der Waals surface area contributed by atoms with Crippen LogP contribution in [-0.2, 0) is 15.1 Å². The Labute approximate surface area is 116 Å². The van der Waals surface area contributed by atoms with E-state index in [-0.39, 0.29) is 11.5 Å². The van der Waals surface area contributed by atoms with Crippen molar-refractivity contribution in [2.24, 2.45) is 0 Å². The zero-order valence-electron chi connectivity index (χ0n) is 12.2. The summed E-state index contributed by atoms with van der Waals surface area (Å²) in [4.78, 5) is 11.9. The number of benzene rings is 1. The average molecular weight is 263 g/mol. The molecule has 0 bridgehead atoms. The van der Waals surface area contributed by atoms with E-state index in [0.717, 1.165) is 24.9 Å². The Kier molecular flexibility index (Phi) is 6.57. The number of carbonyl (C=O) groups is 1. The van der Waals surface area contributed by atoms with Crippen LogP contribution in [0.25, 0.3) is 0 Å². The van der Waals surface area contributed by atoms with Crippen LogP contribution in [0.4, 0.5) is 0 Å². The highest BCUT2D eigenvalue weighted by atomic mass is 16.5. The molecular weight excluding hydrogens is 238 g/mol. The van der Waals surface area contributed by atoms with Gasteiger partial charge in [-0.25, -0.2) is 0 Å². The second-order valence-electron chi connectivity index (χ2n) is 4.71. The number of rotatable bonds is 8. The first-order valence-corrected chi connectivity index (χ1v) is 7.14. The first-order valence-electron chi connectivity index (χ1n) is 7.14. The third-order valence-electron chi connectivity index (χ3n) is 3.27. The lowest BCUT2D eigenvalue weighted by molar-refractivity contribution is -0.145. The third kappa shape index (κ3) is 4.35.